The topological polar surface area (TPSA) is 159 Å². The molecular formula is C42H44ClN9O5S3. The third-order valence-electron chi connectivity index (χ3n) is 10.7. The first kappa shape index (κ1) is 41.8. The average Bonchev–Trinajstić information content (AvgIpc) is 3.79. The van der Waals surface area contributed by atoms with Crippen LogP contribution in [-0.2, 0) is 21.3 Å². The highest BCUT2D eigenvalue weighted by atomic mass is 35.5. The molecule has 2 fully saturated rings. The predicted octanol–water partition coefficient (Wildman–Crippen LogP) is 7.73. The van der Waals surface area contributed by atoms with Crippen LogP contribution in [0, 0.1) is 10.1 Å². The minimum Gasteiger partial charge on any atom is -0.379 e. The predicted molar refractivity (Wildman–Crippen MR) is 240 cm³/mol. The van der Waals surface area contributed by atoms with Crippen molar-refractivity contribution in [1.82, 2.24) is 24.8 Å². The number of anilines is 3. The van der Waals surface area contributed by atoms with E-state index in [0.717, 1.165) is 80.4 Å². The monoisotopic (exact) mass is 885 g/mol. The second-order valence-electron chi connectivity index (χ2n) is 14.6. The smallest absolute Gasteiger partial charge is 0.293 e. The van der Waals surface area contributed by atoms with Crippen LogP contribution < -0.4 is 14.9 Å². The summed E-state index contributed by atoms with van der Waals surface area (Å²) in [5.41, 5.74) is 5.05. The lowest BCUT2D eigenvalue weighted by molar-refractivity contribution is -0.384. The molecule has 1 unspecified atom stereocenters. The van der Waals surface area contributed by atoms with E-state index in [1.807, 2.05) is 35.7 Å². The summed E-state index contributed by atoms with van der Waals surface area (Å²) in [6.07, 6.45) is 3.78. The maximum Gasteiger partial charge on any atom is 0.293 e. The average molecular weight is 887 g/mol. The van der Waals surface area contributed by atoms with E-state index < -0.39 is 14.9 Å². The van der Waals surface area contributed by atoms with Crippen molar-refractivity contribution in [2.45, 2.75) is 28.2 Å². The number of sulfonamides is 1. The number of nitro groups is 1. The number of rotatable bonds is 16. The highest BCUT2D eigenvalue weighted by molar-refractivity contribution is 8.01. The number of ether oxygens (including phenoxy) is 1. The van der Waals surface area contributed by atoms with Gasteiger partial charge in [-0.1, -0.05) is 59.8 Å². The number of aromatic nitrogens is 3. The maximum absolute atomic E-state index is 13.8. The van der Waals surface area contributed by atoms with E-state index in [1.54, 1.807) is 18.0 Å². The molecule has 6 aromatic rings. The third-order valence-corrected chi connectivity index (χ3v) is 14.4. The number of hydrogen-bond acceptors (Lipinski definition) is 14. The van der Waals surface area contributed by atoms with E-state index in [-0.39, 0.29) is 28.1 Å². The first-order chi connectivity index (χ1) is 29.2. The molecule has 4 aromatic carbocycles. The molecule has 8 rings (SSSR count). The van der Waals surface area contributed by atoms with Crippen LogP contribution in [0.25, 0.3) is 22.0 Å². The maximum atomic E-state index is 13.8. The summed E-state index contributed by atoms with van der Waals surface area (Å²) in [6, 6.07) is 25.9. The Hall–Kier alpha value is -4.88. The fourth-order valence-electron chi connectivity index (χ4n) is 7.47. The van der Waals surface area contributed by atoms with Crippen LogP contribution in [0.4, 0.5) is 22.9 Å². The van der Waals surface area contributed by atoms with Crippen LogP contribution in [0.3, 0.4) is 0 Å². The van der Waals surface area contributed by atoms with Crippen molar-refractivity contribution in [3.8, 4) is 11.1 Å². The van der Waals surface area contributed by atoms with Gasteiger partial charge >= 0.3 is 0 Å². The zero-order valence-corrected chi connectivity index (χ0v) is 35.9. The van der Waals surface area contributed by atoms with Gasteiger partial charge in [-0.25, -0.2) is 23.4 Å². The fraction of sp³-hybridized carbons (Fsp3) is 0.310. The lowest BCUT2D eigenvalue weighted by atomic mass is 9.99. The van der Waals surface area contributed by atoms with Crippen LogP contribution in [0.2, 0.25) is 5.02 Å². The van der Waals surface area contributed by atoms with Crippen molar-refractivity contribution < 1.29 is 18.1 Å². The SMILES string of the molecule is O=[N+]([O-])c1cc(S(=O)(=O)Nc2ncnc3cc(N4CCN(Cc5ccccc5-c5ccc(Cl)cc5)CC4)ccc23)ccc1NC(CCN1CCOCC1)CSc1nccs1. The van der Waals surface area contributed by atoms with Crippen molar-refractivity contribution in [2.75, 3.05) is 79.7 Å². The van der Waals surface area contributed by atoms with Crippen molar-refractivity contribution >= 4 is 78.5 Å². The lowest BCUT2D eigenvalue weighted by Gasteiger charge is -2.36. The van der Waals surface area contributed by atoms with Gasteiger partial charge in [0.25, 0.3) is 15.7 Å². The molecule has 0 bridgehead atoms. The number of thioether (sulfide) groups is 1. The van der Waals surface area contributed by atoms with Crippen molar-refractivity contribution in [3.63, 3.8) is 0 Å². The molecule has 60 heavy (non-hydrogen) atoms. The van der Waals surface area contributed by atoms with E-state index in [1.165, 1.54) is 40.9 Å². The Morgan fingerprint density at radius 2 is 1.72 bits per heavy atom. The Morgan fingerprint density at radius 1 is 0.917 bits per heavy atom. The summed E-state index contributed by atoms with van der Waals surface area (Å²) in [6.45, 7) is 7.97. The van der Waals surface area contributed by atoms with E-state index in [2.05, 4.69) is 76.1 Å². The zero-order chi connectivity index (χ0) is 41.5. The fourth-order valence-corrected chi connectivity index (χ4v) is 10.4. The first-order valence-electron chi connectivity index (χ1n) is 19.6. The Balaban J connectivity index is 0.932. The molecule has 0 radical (unpaired) electrons. The molecule has 0 spiro atoms. The highest BCUT2D eigenvalue weighted by Gasteiger charge is 2.26. The zero-order valence-electron chi connectivity index (χ0n) is 32.7. The van der Waals surface area contributed by atoms with Gasteiger partial charge in [-0.2, -0.15) is 0 Å². The van der Waals surface area contributed by atoms with Crippen molar-refractivity contribution in [1.29, 1.82) is 0 Å². The molecule has 18 heteroatoms. The van der Waals surface area contributed by atoms with Crippen molar-refractivity contribution in [3.05, 3.63) is 124 Å². The highest BCUT2D eigenvalue weighted by Crippen LogP contribution is 2.33. The quantitative estimate of drug-likeness (QED) is 0.0553. The molecule has 2 aromatic heterocycles. The molecule has 2 N–H and O–H groups in total. The van der Waals surface area contributed by atoms with Gasteiger partial charge in [-0.15, -0.1) is 11.3 Å². The van der Waals surface area contributed by atoms with Crippen molar-refractivity contribution in [2.24, 2.45) is 0 Å². The molecular weight excluding hydrogens is 842 g/mol. The molecule has 2 aliphatic heterocycles. The summed E-state index contributed by atoms with van der Waals surface area (Å²) in [5.74, 6) is 0.707. The number of halogens is 1. The minimum absolute atomic E-state index is 0.0861. The first-order valence-corrected chi connectivity index (χ1v) is 23.4. The van der Waals surface area contributed by atoms with Crippen LogP contribution in [0.5, 0.6) is 0 Å². The van der Waals surface area contributed by atoms with E-state index >= 15 is 0 Å². The lowest BCUT2D eigenvalue weighted by Crippen LogP contribution is -2.46. The van der Waals surface area contributed by atoms with Crippen LogP contribution >= 0.6 is 34.7 Å². The second kappa shape index (κ2) is 19.2. The summed E-state index contributed by atoms with van der Waals surface area (Å²) in [4.78, 5) is 31.7. The van der Waals surface area contributed by atoms with Gasteiger partial charge in [0.1, 0.15) is 16.4 Å². The number of nitro benzene ring substituents is 1. The molecule has 2 saturated heterocycles. The third kappa shape index (κ3) is 10.3. The number of fused-ring (bicyclic) bond motifs is 1. The normalized spacial score (nSPS) is 15.8. The molecule has 14 nitrogen and oxygen atoms in total. The number of nitrogens with one attached hydrogen (secondary N) is 2. The molecule has 4 heterocycles. The van der Waals surface area contributed by atoms with E-state index in [9.17, 15) is 18.5 Å². The van der Waals surface area contributed by atoms with Crippen LogP contribution in [-0.4, -0.2) is 109 Å². The van der Waals surface area contributed by atoms with E-state index in [4.69, 9.17) is 16.3 Å². The Bertz CT molecular complexity index is 2520. The van der Waals surface area contributed by atoms with Gasteiger partial charge in [-0.05, 0) is 65.6 Å². The number of benzene rings is 4. The second-order valence-corrected chi connectivity index (χ2v) is 18.9. The number of thiazole rings is 1. The molecule has 0 saturated carbocycles. The summed E-state index contributed by atoms with van der Waals surface area (Å²) < 4.78 is 36.6. The molecule has 1 atom stereocenters. The van der Waals surface area contributed by atoms with E-state index in [0.29, 0.717) is 34.9 Å². The van der Waals surface area contributed by atoms with Gasteiger partial charge < -0.3 is 15.0 Å². The van der Waals surface area contributed by atoms with Gasteiger partial charge in [-0.3, -0.25) is 24.6 Å². The number of nitrogens with zero attached hydrogens (tertiary/aromatic N) is 7. The summed E-state index contributed by atoms with van der Waals surface area (Å²) in [7, 11) is -4.28. The Morgan fingerprint density at radius 3 is 2.48 bits per heavy atom. The molecule has 312 valence electrons. The Labute approximate surface area is 362 Å². The standard InChI is InChI=1S/C42H44ClN9O5S3/c43-32-7-5-30(6-8-32)36-4-2-1-3-31(36)27-50-16-18-51(19-17-50)34-9-11-37-39(25-34)45-29-46-41(37)48-60(55,56)35-10-12-38(40(26-35)52(53)54)47-33(28-59-42-44-14-24-58-42)13-15-49-20-22-57-23-21-49/h1-12,14,24-26,29,33,47H,13,15-23,27-28H2,(H,45,46,48). The minimum atomic E-state index is -4.28. The number of morpholine rings is 1. The number of piperazine rings is 1. The Kier molecular flexibility index (Phi) is 13.4. The van der Waals surface area contributed by atoms with Crippen LogP contribution in [0.1, 0.15) is 12.0 Å². The van der Waals surface area contributed by atoms with Gasteiger partial charge in [0, 0.05) is 97.9 Å². The molecule has 0 aliphatic carbocycles. The number of hydrogen-bond donors (Lipinski definition) is 2. The molecule has 0 amide bonds. The van der Waals surface area contributed by atoms with Crippen LogP contribution in [0.15, 0.2) is 112 Å². The van der Waals surface area contributed by atoms with Gasteiger partial charge in [0.15, 0.2) is 5.82 Å². The summed E-state index contributed by atoms with van der Waals surface area (Å²) in [5, 5.41) is 18.9. The van der Waals surface area contributed by atoms with Gasteiger partial charge in [0.2, 0.25) is 0 Å². The van der Waals surface area contributed by atoms with Gasteiger partial charge in [0.05, 0.1) is 28.5 Å². The largest absolute Gasteiger partial charge is 0.379 e. The molecule has 2 aliphatic rings. The summed E-state index contributed by atoms with van der Waals surface area (Å²) >= 11 is 9.26.